The highest BCUT2D eigenvalue weighted by Crippen LogP contribution is 2.51. The molecule has 2 aliphatic rings. The number of halogens is 2. The van der Waals surface area contributed by atoms with E-state index in [-0.39, 0.29) is 0 Å². The molecule has 2 aromatic carbocycles. The molecule has 6 heteroatoms. The first-order valence-corrected chi connectivity index (χ1v) is 7.58. The predicted molar refractivity (Wildman–Crippen MR) is 79.4 cm³/mol. The van der Waals surface area contributed by atoms with Crippen LogP contribution in [0.5, 0.6) is 34.5 Å². The zero-order chi connectivity index (χ0) is 13.7. The average Bonchev–Trinajstić information content (AvgIpc) is 2.44. The van der Waals surface area contributed by atoms with Crippen molar-refractivity contribution >= 4 is 31.9 Å². The fourth-order valence-electron chi connectivity index (χ4n) is 2.12. The van der Waals surface area contributed by atoms with Gasteiger partial charge in [-0.3, -0.25) is 0 Å². The molecule has 20 heavy (non-hydrogen) atoms. The van der Waals surface area contributed by atoms with Gasteiger partial charge in [-0.25, -0.2) is 0 Å². The number of rotatable bonds is 0. The Hall–Kier alpha value is -1.40. The van der Waals surface area contributed by atoms with Crippen LogP contribution in [0.15, 0.2) is 33.2 Å². The summed E-state index contributed by atoms with van der Waals surface area (Å²) in [6, 6.07) is 7.31. The summed E-state index contributed by atoms with van der Waals surface area (Å²) in [5, 5.41) is 0. The molecule has 0 unspecified atom stereocenters. The number of fused-ring (bicyclic) bond motifs is 3. The van der Waals surface area contributed by atoms with Crippen LogP contribution in [0.3, 0.4) is 0 Å². The molecule has 0 amide bonds. The van der Waals surface area contributed by atoms with E-state index >= 15 is 0 Å². The van der Waals surface area contributed by atoms with Gasteiger partial charge in [0.25, 0.3) is 0 Å². The lowest BCUT2D eigenvalue weighted by atomic mass is 10.2. The summed E-state index contributed by atoms with van der Waals surface area (Å²) in [6.07, 6.45) is 0. The van der Waals surface area contributed by atoms with Gasteiger partial charge in [0.2, 0.25) is 0 Å². The Kier molecular flexibility index (Phi) is 2.82. The Morgan fingerprint density at radius 2 is 1.00 bits per heavy atom. The van der Waals surface area contributed by atoms with Crippen molar-refractivity contribution in [1.29, 1.82) is 0 Å². The second-order valence-corrected chi connectivity index (χ2v) is 6.07. The molecule has 0 N–H and O–H groups in total. The van der Waals surface area contributed by atoms with Crippen LogP contribution in [-0.4, -0.2) is 13.2 Å². The number of hydrogen-bond acceptors (Lipinski definition) is 4. The summed E-state index contributed by atoms with van der Waals surface area (Å²) in [5.74, 6) is 3.91. The van der Waals surface area contributed by atoms with E-state index in [1.807, 2.05) is 12.1 Å². The summed E-state index contributed by atoms with van der Waals surface area (Å²) in [6.45, 7) is 1.09. The predicted octanol–water partition coefficient (Wildman–Crippen LogP) is 4.88. The molecule has 0 saturated heterocycles. The van der Waals surface area contributed by atoms with Crippen molar-refractivity contribution in [1.82, 2.24) is 0 Å². The van der Waals surface area contributed by atoms with Crippen LogP contribution in [0.1, 0.15) is 0 Å². The van der Waals surface area contributed by atoms with E-state index < -0.39 is 0 Å². The van der Waals surface area contributed by atoms with Gasteiger partial charge >= 0.3 is 0 Å². The molecule has 0 bridgehead atoms. The van der Waals surface area contributed by atoms with Crippen LogP contribution in [0.25, 0.3) is 0 Å². The normalized spacial score (nSPS) is 14.7. The minimum absolute atomic E-state index is 0.543. The van der Waals surface area contributed by atoms with E-state index in [1.165, 1.54) is 0 Å². The zero-order valence-electron chi connectivity index (χ0n) is 10.1. The highest BCUT2D eigenvalue weighted by atomic mass is 79.9. The fraction of sp³-hybridized carbons (Fsp3) is 0.143. The maximum Gasteiger partial charge on any atom is 0.174 e. The van der Waals surface area contributed by atoms with Crippen LogP contribution in [0, 0.1) is 0 Å². The largest absolute Gasteiger partial charge is 0.486 e. The van der Waals surface area contributed by atoms with Gasteiger partial charge in [0, 0.05) is 33.2 Å². The van der Waals surface area contributed by atoms with Crippen LogP contribution < -0.4 is 18.9 Å². The Morgan fingerprint density at radius 1 is 0.600 bits per heavy atom. The Labute approximate surface area is 131 Å². The lowest BCUT2D eigenvalue weighted by Gasteiger charge is -2.25. The number of hydrogen-bond donors (Lipinski definition) is 0. The van der Waals surface area contributed by atoms with Gasteiger partial charge in [0.15, 0.2) is 34.5 Å². The third kappa shape index (κ3) is 1.94. The standard InChI is InChI=1S/C14H8Br2O4/c15-7-3-11-12(4-8(7)16)20-14-6-10-9(5-13(14)19-11)17-1-2-18-10/h3-6H,1-2H2. The first kappa shape index (κ1) is 12.3. The zero-order valence-corrected chi connectivity index (χ0v) is 13.3. The lowest BCUT2D eigenvalue weighted by molar-refractivity contribution is 0.169. The average molecular weight is 400 g/mol. The van der Waals surface area contributed by atoms with Crippen molar-refractivity contribution in [2.24, 2.45) is 0 Å². The molecule has 2 heterocycles. The van der Waals surface area contributed by atoms with E-state index in [4.69, 9.17) is 18.9 Å². The topological polar surface area (TPSA) is 36.9 Å². The van der Waals surface area contributed by atoms with E-state index in [9.17, 15) is 0 Å². The number of benzene rings is 2. The van der Waals surface area contributed by atoms with Crippen LogP contribution in [-0.2, 0) is 0 Å². The third-order valence-corrected chi connectivity index (χ3v) is 4.88. The van der Waals surface area contributed by atoms with Crippen molar-refractivity contribution in [3.05, 3.63) is 33.2 Å². The molecule has 4 nitrogen and oxygen atoms in total. The molecule has 0 radical (unpaired) electrons. The monoisotopic (exact) mass is 398 g/mol. The Morgan fingerprint density at radius 3 is 1.45 bits per heavy atom. The van der Waals surface area contributed by atoms with Crippen molar-refractivity contribution in [2.75, 3.05) is 13.2 Å². The fourth-order valence-corrected chi connectivity index (χ4v) is 2.76. The van der Waals surface area contributed by atoms with Crippen molar-refractivity contribution in [3.8, 4) is 34.5 Å². The summed E-state index contributed by atoms with van der Waals surface area (Å²) in [4.78, 5) is 0. The minimum atomic E-state index is 0.543. The Bertz CT molecular complexity index is 655. The second-order valence-electron chi connectivity index (χ2n) is 4.36. The smallest absolute Gasteiger partial charge is 0.174 e. The van der Waals surface area contributed by atoms with Gasteiger partial charge in [-0.05, 0) is 31.9 Å². The van der Waals surface area contributed by atoms with E-state index in [0.717, 1.165) is 8.95 Å². The van der Waals surface area contributed by atoms with Gasteiger partial charge in [-0.2, -0.15) is 0 Å². The van der Waals surface area contributed by atoms with E-state index in [2.05, 4.69) is 31.9 Å². The first-order valence-electron chi connectivity index (χ1n) is 5.99. The molecule has 2 aliphatic heterocycles. The second kappa shape index (κ2) is 4.56. The van der Waals surface area contributed by atoms with Crippen LogP contribution >= 0.6 is 31.9 Å². The quantitative estimate of drug-likeness (QED) is 0.539. The summed E-state index contributed by atoms with van der Waals surface area (Å²) < 4.78 is 24.6. The molecular weight excluding hydrogens is 392 g/mol. The van der Waals surface area contributed by atoms with Crippen LogP contribution in [0.2, 0.25) is 0 Å². The highest BCUT2D eigenvalue weighted by molar-refractivity contribution is 9.13. The molecule has 0 spiro atoms. The molecule has 0 atom stereocenters. The van der Waals surface area contributed by atoms with Gasteiger partial charge in [0.1, 0.15) is 13.2 Å². The molecule has 0 saturated carbocycles. The van der Waals surface area contributed by atoms with Gasteiger partial charge in [-0.15, -0.1) is 0 Å². The molecule has 102 valence electrons. The SMILES string of the molecule is Brc1cc2c(cc1Br)Oc1cc3c(cc1O2)OCCO3. The van der Waals surface area contributed by atoms with Crippen molar-refractivity contribution < 1.29 is 18.9 Å². The molecule has 4 rings (SSSR count). The molecular formula is C14H8Br2O4. The third-order valence-electron chi connectivity index (χ3n) is 3.04. The molecule has 0 aromatic heterocycles. The summed E-state index contributed by atoms with van der Waals surface area (Å²) in [5.41, 5.74) is 0. The van der Waals surface area contributed by atoms with Gasteiger partial charge in [0.05, 0.1) is 0 Å². The number of ether oxygens (including phenoxy) is 4. The van der Waals surface area contributed by atoms with Gasteiger partial charge < -0.3 is 18.9 Å². The molecule has 2 aromatic rings. The maximum atomic E-state index is 5.87. The highest BCUT2D eigenvalue weighted by Gasteiger charge is 2.24. The maximum absolute atomic E-state index is 5.87. The minimum Gasteiger partial charge on any atom is -0.486 e. The first-order chi connectivity index (χ1) is 9.70. The summed E-state index contributed by atoms with van der Waals surface area (Å²) >= 11 is 6.89. The van der Waals surface area contributed by atoms with E-state index in [1.54, 1.807) is 12.1 Å². The lowest BCUT2D eigenvalue weighted by Crippen LogP contribution is -2.15. The molecule has 0 aliphatic carbocycles. The Balaban J connectivity index is 1.80. The van der Waals surface area contributed by atoms with Crippen molar-refractivity contribution in [3.63, 3.8) is 0 Å². The van der Waals surface area contributed by atoms with Crippen molar-refractivity contribution in [2.45, 2.75) is 0 Å². The molecule has 0 fully saturated rings. The summed E-state index contributed by atoms with van der Waals surface area (Å²) in [7, 11) is 0. The van der Waals surface area contributed by atoms with Crippen LogP contribution in [0.4, 0.5) is 0 Å². The van der Waals surface area contributed by atoms with E-state index in [0.29, 0.717) is 47.7 Å². The van der Waals surface area contributed by atoms with Gasteiger partial charge in [-0.1, -0.05) is 0 Å².